The number of hydrogen-bond acceptors (Lipinski definition) is 2. The smallest absolute Gasteiger partial charge is 0.316 e. The molecule has 2 nitrogen and oxygen atoms in total. The van der Waals surface area contributed by atoms with Crippen LogP contribution < -0.4 is 5.73 Å². The molecule has 0 aliphatic carbocycles. The number of rotatable bonds is 1. The van der Waals surface area contributed by atoms with E-state index < -0.39 is 12.2 Å². The fourth-order valence-electron chi connectivity index (χ4n) is 1.00. The molecular weight excluding hydrogens is 261 g/mol. The Kier molecular flexibility index (Phi) is 3.16. The van der Waals surface area contributed by atoms with Crippen LogP contribution in [-0.2, 0) is 0 Å². The molecule has 0 radical (unpaired) electrons. The SMILES string of the molecule is Cc1c(Br)cncc1C(N)C(F)(F)F. The number of pyridine rings is 1. The second kappa shape index (κ2) is 3.86. The van der Waals surface area contributed by atoms with Crippen molar-refractivity contribution in [1.82, 2.24) is 4.98 Å². The van der Waals surface area contributed by atoms with Crippen LogP contribution in [0.4, 0.5) is 13.2 Å². The summed E-state index contributed by atoms with van der Waals surface area (Å²) in [5.74, 6) is 0. The standard InChI is InChI=1S/C8H8BrF3N2/c1-4-5(2-14-3-6(4)9)7(13)8(10,11)12/h2-3,7H,13H2,1H3. The van der Waals surface area contributed by atoms with E-state index in [1.165, 1.54) is 6.20 Å². The average Bonchev–Trinajstić information content (AvgIpc) is 2.07. The van der Waals surface area contributed by atoms with Crippen LogP contribution in [0.3, 0.4) is 0 Å². The van der Waals surface area contributed by atoms with Crippen molar-refractivity contribution in [2.24, 2.45) is 5.73 Å². The van der Waals surface area contributed by atoms with Crippen LogP contribution >= 0.6 is 15.9 Å². The van der Waals surface area contributed by atoms with E-state index in [9.17, 15) is 13.2 Å². The zero-order valence-electron chi connectivity index (χ0n) is 7.27. The first kappa shape index (κ1) is 11.5. The van der Waals surface area contributed by atoms with Crippen LogP contribution in [0.1, 0.15) is 17.2 Å². The molecule has 2 N–H and O–H groups in total. The lowest BCUT2D eigenvalue weighted by Gasteiger charge is -2.17. The lowest BCUT2D eigenvalue weighted by atomic mass is 10.0. The minimum Gasteiger partial charge on any atom is -0.316 e. The van der Waals surface area contributed by atoms with Gasteiger partial charge >= 0.3 is 6.18 Å². The molecule has 1 aromatic rings. The van der Waals surface area contributed by atoms with Gasteiger partial charge in [-0.1, -0.05) is 0 Å². The molecule has 14 heavy (non-hydrogen) atoms. The highest BCUT2D eigenvalue weighted by Gasteiger charge is 2.38. The first-order valence-electron chi connectivity index (χ1n) is 3.76. The van der Waals surface area contributed by atoms with E-state index in [0.29, 0.717) is 10.0 Å². The number of nitrogens with two attached hydrogens (primary N) is 1. The van der Waals surface area contributed by atoms with Crippen LogP contribution in [0.5, 0.6) is 0 Å². The summed E-state index contributed by atoms with van der Waals surface area (Å²) in [7, 11) is 0. The number of hydrogen-bond donors (Lipinski definition) is 1. The molecule has 1 rings (SSSR count). The van der Waals surface area contributed by atoms with Gasteiger partial charge in [-0.2, -0.15) is 13.2 Å². The fraction of sp³-hybridized carbons (Fsp3) is 0.375. The second-order valence-electron chi connectivity index (χ2n) is 2.85. The fourth-order valence-corrected chi connectivity index (χ4v) is 1.35. The summed E-state index contributed by atoms with van der Waals surface area (Å²) in [4.78, 5) is 3.65. The van der Waals surface area contributed by atoms with Crippen molar-refractivity contribution >= 4 is 15.9 Å². The molecule has 0 saturated heterocycles. The minimum atomic E-state index is -4.44. The number of halogens is 4. The highest BCUT2D eigenvalue weighted by Crippen LogP contribution is 2.33. The summed E-state index contributed by atoms with van der Waals surface area (Å²) >= 11 is 3.10. The quantitative estimate of drug-likeness (QED) is 0.851. The van der Waals surface area contributed by atoms with Crippen molar-refractivity contribution < 1.29 is 13.2 Å². The zero-order valence-corrected chi connectivity index (χ0v) is 8.85. The maximum absolute atomic E-state index is 12.3. The maximum atomic E-state index is 12.3. The Morgan fingerprint density at radius 1 is 1.43 bits per heavy atom. The van der Waals surface area contributed by atoms with E-state index in [1.807, 2.05) is 0 Å². The van der Waals surface area contributed by atoms with Gasteiger partial charge in [-0.05, 0) is 28.4 Å². The molecule has 0 fully saturated rings. The number of alkyl halides is 3. The Morgan fingerprint density at radius 2 is 2.00 bits per heavy atom. The predicted octanol–water partition coefficient (Wildman–Crippen LogP) is 2.71. The molecule has 0 aliphatic rings. The third kappa shape index (κ3) is 2.24. The molecule has 1 unspecified atom stereocenters. The molecule has 0 aromatic carbocycles. The Hall–Kier alpha value is -0.620. The topological polar surface area (TPSA) is 38.9 Å². The predicted molar refractivity (Wildman–Crippen MR) is 49.7 cm³/mol. The molecule has 1 aromatic heterocycles. The average molecular weight is 269 g/mol. The Labute approximate surface area is 87.4 Å². The highest BCUT2D eigenvalue weighted by molar-refractivity contribution is 9.10. The maximum Gasteiger partial charge on any atom is 0.407 e. The summed E-state index contributed by atoms with van der Waals surface area (Å²) < 4.78 is 37.4. The van der Waals surface area contributed by atoms with Crippen LogP contribution in [0.15, 0.2) is 16.9 Å². The molecule has 6 heteroatoms. The van der Waals surface area contributed by atoms with E-state index in [1.54, 1.807) is 6.92 Å². The third-order valence-electron chi connectivity index (χ3n) is 1.88. The van der Waals surface area contributed by atoms with E-state index in [-0.39, 0.29) is 5.56 Å². The summed E-state index contributed by atoms with van der Waals surface area (Å²) in [5.41, 5.74) is 5.51. The van der Waals surface area contributed by atoms with Gasteiger partial charge in [0, 0.05) is 22.4 Å². The molecule has 1 atom stereocenters. The second-order valence-corrected chi connectivity index (χ2v) is 3.71. The molecule has 0 aliphatic heterocycles. The van der Waals surface area contributed by atoms with E-state index >= 15 is 0 Å². The summed E-state index contributed by atoms with van der Waals surface area (Å²) in [5, 5.41) is 0. The van der Waals surface area contributed by atoms with Crippen LogP contribution in [0.25, 0.3) is 0 Å². The van der Waals surface area contributed by atoms with Crippen molar-refractivity contribution in [3.63, 3.8) is 0 Å². The molecule has 78 valence electrons. The largest absolute Gasteiger partial charge is 0.407 e. The van der Waals surface area contributed by atoms with E-state index in [2.05, 4.69) is 20.9 Å². The van der Waals surface area contributed by atoms with Crippen molar-refractivity contribution in [2.75, 3.05) is 0 Å². The van der Waals surface area contributed by atoms with Crippen molar-refractivity contribution in [3.05, 3.63) is 28.0 Å². The molecule has 1 heterocycles. The molecule has 0 amide bonds. The van der Waals surface area contributed by atoms with E-state index in [4.69, 9.17) is 5.73 Å². The summed E-state index contributed by atoms with van der Waals surface area (Å²) in [6.45, 7) is 1.56. The third-order valence-corrected chi connectivity index (χ3v) is 2.68. The zero-order chi connectivity index (χ0) is 10.9. The Balaban J connectivity index is 3.14. The van der Waals surface area contributed by atoms with Gasteiger partial charge in [0.1, 0.15) is 6.04 Å². The van der Waals surface area contributed by atoms with Gasteiger partial charge in [0.2, 0.25) is 0 Å². The van der Waals surface area contributed by atoms with Crippen molar-refractivity contribution in [3.8, 4) is 0 Å². The summed E-state index contributed by atoms with van der Waals surface area (Å²) in [6.07, 6.45) is -1.87. The number of nitrogens with zero attached hydrogens (tertiary/aromatic N) is 1. The normalized spacial score (nSPS) is 14.1. The lowest BCUT2D eigenvalue weighted by Crippen LogP contribution is -2.29. The van der Waals surface area contributed by atoms with Crippen LogP contribution in [-0.4, -0.2) is 11.2 Å². The van der Waals surface area contributed by atoms with Gasteiger partial charge in [-0.25, -0.2) is 0 Å². The first-order valence-corrected chi connectivity index (χ1v) is 4.55. The van der Waals surface area contributed by atoms with Crippen LogP contribution in [0.2, 0.25) is 0 Å². The van der Waals surface area contributed by atoms with Gasteiger partial charge in [-0.3, -0.25) is 4.98 Å². The van der Waals surface area contributed by atoms with Crippen LogP contribution in [0, 0.1) is 6.92 Å². The monoisotopic (exact) mass is 268 g/mol. The number of aromatic nitrogens is 1. The van der Waals surface area contributed by atoms with Crippen molar-refractivity contribution in [1.29, 1.82) is 0 Å². The van der Waals surface area contributed by atoms with Gasteiger partial charge in [0.25, 0.3) is 0 Å². The molecule has 0 saturated carbocycles. The minimum absolute atomic E-state index is 0.00752. The van der Waals surface area contributed by atoms with Gasteiger partial charge in [-0.15, -0.1) is 0 Å². The lowest BCUT2D eigenvalue weighted by molar-refractivity contribution is -0.149. The molecule has 0 bridgehead atoms. The summed E-state index contributed by atoms with van der Waals surface area (Å²) in [6, 6.07) is -1.98. The Morgan fingerprint density at radius 3 is 2.50 bits per heavy atom. The van der Waals surface area contributed by atoms with Crippen molar-refractivity contribution in [2.45, 2.75) is 19.1 Å². The highest BCUT2D eigenvalue weighted by atomic mass is 79.9. The molecule has 0 spiro atoms. The van der Waals surface area contributed by atoms with Gasteiger partial charge in [0.15, 0.2) is 0 Å². The Bertz CT molecular complexity index is 338. The van der Waals surface area contributed by atoms with E-state index in [0.717, 1.165) is 6.20 Å². The molecular formula is C8H8BrF3N2. The van der Waals surface area contributed by atoms with Gasteiger partial charge in [0.05, 0.1) is 0 Å². The first-order chi connectivity index (χ1) is 6.34. The van der Waals surface area contributed by atoms with Gasteiger partial charge < -0.3 is 5.73 Å².